The Morgan fingerprint density at radius 3 is 1.25 bits per heavy atom. The van der Waals surface area contributed by atoms with Crippen molar-refractivity contribution in [3.05, 3.63) is 0 Å². The molecule has 0 aliphatic rings. The number of alkyl halides is 5. The number of hydrogen-bond acceptors (Lipinski definition) is 0. The molecule has 50 valence electrons. The molecule has 0 heterocycles. The molecule has 0 aromatic rings. The van der Waals surface area contributed by atoms with E-state index in [-0.39, 0.29) is 0 Å². The molecule has 0 aliphatic heterocycles. The van der Waals surface area contributed by atoms with Gasteiger partial charge in [0.1, 0.15) is 0 Å². The maximum atomic E-state index is 12.3. The van der Waals surface area contributed by atoms with Crippen molar-refractivity contribution in [3.8, 4) is 0 Å². The number of rotatable bonds is 1. The maximum absolute atomic E-state index is 12.3. The van der Waals surface area contributed by atoms with Gasteiger partial charge in [-0.2, -0.15) is 0 Å². The van der Waals surface area contributed by atoms with E-state index in [0.29, 0.717) is 0 Å². The van der Waals surface area contributed by atoms with Crippen LogP contribution in [0.1, 0.15) is 6.92 Å². The molecule has 0 N–H and O–H groups in total. The highest BCUT2D eigenvalue weighted by molar-refractivity contribution is 9.26. The summed E-state index contributed by atoms with van der Waals surface area (Å²) in [6, 6.07) is 0. The Morgan fingerprint density at radius 2 is 1.25 bits per heavy atom. The minimum atomic E-state index is -2.19. The van der Waals surface area contributed by atoms with E-state index < -0.39 is 8.07 Å². The lowest BCUT2D eigenvalue weighted by molar-refractivity contribution is 0.213. The molecule has 0 nitrogen and oxygen atoms in total. The van der Waals surface area contributed by atoms with Gasteiger partial charge in [0.15, 0.2) is 0 Å². The number of hydrogen-bond donors (Lipinski definition) is 0. The molecule has 0 aliphatic carbocycles. The summed E-state index contributed by atoms with van der Waals surface area (Å²) in [5.74, 6) is 0. The smallest absolute Gasteiger partial charge is 0.226 e. The van der Waals surface area contributed by atoms with E-state index in [1.54, 1.807) is 0 Å². The fourth-order valence-corrected chi connectivity index (χ4v) is 0. The first-order chi connectivity index (χ1) is 3.25. The Hall–Kier alpha value is 1.30. The second-order valence-electron chi connectivity index (χ2n) is 1.39. The molecule has 0 saturated carbocycles. The Morgan fingerprint density at radius 1 is 1.12 bits per heavy atom. The van der Waals surface area contributed by atoms with Crippen LogP contribution in [0.2, 0.25) is 0 Å². The topological polar surface area (TPSA) is 0 Å². The molecule has 0 bridgehead atoms. The van der Waals surface area contributed by atoms with Gasteiger partial charge in [0.05, 0.1) is 0 Å². The van der Waals surface area contributed by atoms with Crippen LogP contribution in [0.3, 0.4) is 0 Å². The van der Waals surface area contributed by atoms with Gasteiger partial charge in [-0.15, -0.1) is 0 Å². The van der Waals surface area contributed by atoms with Crippen LogP contribution >= 0.6 is 47.8 Å². The molecule has 8 heavy (non-hydrogen) atoms. The average Bonchev–Trinajstić information content (AvgIpc) is 1.25. The van der Waals surface area contributed by atoms with Crippen LogP contribution in [-0.2, 0) is 0 Å². The molecule has 5 heteroatoms. The molecule has 0 amide bonds. The second kappa shape index (κ2) is 2.50. The molecule has 0 saturated heterocycles. The summed E-state index contributed by atoms with van der Waals surface area (Å²) in [5.41, 5.74) is 0. The average molecular weight is 317 g/mol. The lowest BCUT2D eigenvalue weighted by Gasteiger charge is -2.19. The van der Waals surface area contributed by atoms with Crippen molar-refractivity contribution in [1.29, 1.82) is 0 Å². The predicted molar refractivity (Wildman–Crippen MR) is 40.1 cm³/mol. The third kappa shape index (κ3) is 2.73. The van der Waals surface area contributed by atoms with Crippen molar-refractivity contribution in [2.75, 3.05) is 0 Å². The first kappa shape index (κ1) is 9.30. The van der Waals surface area contributed by atoms with E-state index >= 15 is 0 Å². The fourth-order valence-electron chi connectivity index (χ4n) is 0. The van der Waals surface area contributed by atoms with Crippen LogP contribution in [0.5, 0.6) is 0 Å². The monoisotopic (exact) mass is 314 g/mol. The summed E-state index contributed by atoms with van der Waals surface area (Å²) >= 11 is 7.32. The summed E-state index contributed by atoms with van der Waals surface area (Å²) in [5, 5.41) is 0. The highest BCUT2D eigenvalue weighted by Crippen LogP contribution is 2.45. The number of halogens is 5. The van der Waals surface area contributed by atoms with Crippen molar-refractivity contribution in [3.63, 3.8) is 0 Å². The van der Waals surface area contributed by atoms with E-state index in [9.17, 15) is 8.78 Å². The highest BCUT2D eigenvalue weighted by atomic mass is 79.9. The lowest BCUT2D eigenvalue weighted by atomic mass is 10.5. The Balaban J connectivity index is 4.02. The Kier molecular flexibility index (Phi) is 2.91. The van der Waals surface area contributed by atoms with Gasteiger partial charge in [-0.3, -0.25) is 0 Å². The summed E-state index contributed by atoms with van der Waals surface area (Å²) < 4.78 is 20.4. The Labute approximate surface area is 71.4 Å². The standard InChI is InChI=1S/C3H3Br3F2/c1-2(4,7)3(5,6)8/h1H3. The van der Waals surface area contributed by atoms with E-state index in [2.05, 4.69) is 47.8 Å². The van der Waals surface area contributed by atoms with Gasteiger partial charge in [-0.1, -0.05) is 0 Å². The zero-order valence-corrected chi connectivity index (χ0v) is 8.65. The third-order valence-electron chi connectivity index (χ3n) is 0.498. The quantitative estimate of drug-likeness (QED) is 0.650. The Bertz CT molecular complexity index is 67.5. The minimum absolute atomic E-state index is 1.05. The predicted octanol–water partition coefficient (Wildman–Crippen LogP) is 3.48. The second-order valence-corrected chi connectivity index (χ2v) is 6.12. The fraction of sp³-hybridized carbons (Fsp3) is 1.00. The van der Waals surface area contributed by atoms with Crippen LogP contribution in [-0.4, -0.2) is 8.07 Å². The summed E-state index contributed by atoms with van der Waals surface area (Å²) in [6.45, 7) is 1.05. The molecule has 0 radical (unpaired) electrons. The molecule has 0 rings (SSSR count). The van der Waals surface area contributed by atoms with Gasteiger partial charge in [-0.25, -0.2) is 8.78 Å². The minimum Gasteiger partial charge on any atom is -0.226 e. The molecular formula is C3H3Br3F2. The SMILES string of the molecule is CC(F)(Br)C(F)(Br)Br. The van der Waals surface area contributed by atoms with Crippen molar-refractivity contribution in [1.82, 2.24) is 0 Å². The van der Waals surface area contributed by atoms with Crippen molar-refractivity contribution in [2.45, 2.75) is 15.0 Å². The third-order valence-corrected chi connectivity index (χ3v) is 3.60. The van der Waals surface area contributed by atoms with Crippen LogP contribution in [0, 0.1) is 0 Å². The van der Waals surface area contributed by atoms with Crippen LogP contribution < -0.4 is 0 Å². The van der Waals surface area contributed by atoms with Gasteiger partial charge >= 0.3 is 0 Å². The van der Waals surface area contributed by atoms with Gasteiger partial charge in [-0.05, 0) is 54.7 Å². The van der Waals surface area contributed by atoms with Gasteiger partial charge in [0.2, 0.25) is 4.58 Å². The molecule has 1 unspecified atom stereocenters. The van der Waals surface area contributed by atoms with Crippen LogP contribution in [0.4, 0.5) is 8.78 Å². The summed E-state index contributed by atoms with van der Waals surface area (Å²) in [7, 11) is 0. The molecule has 0 aromatic heterocycles. The van der Waals surface area contributed by atoms with E-state index in [1.807, 2.05) is 0 Å². The van der Waals surface area contributed by atoms with E-state index in [4.69, 9.17) is 0 Å². The first-order valence-electron chi connectivity index (χ1n) is 1.69. The van der Waals surface area contributed by atoms with Gasteiger partial charge in [0.25, 0.3) is 3.49 Å². The van der Waals surface area contributed by atoms with E-state index in [1.165, 1.54) is 0 Å². The molecule has 0 fully saturated rings. The van der Waals surface area contributed by atoms with Crippen molar-refractivity contribution < 1.29 is 8.78 Å². The zero-order valence-electron chi connectivity index (χ0n) is 3.89. The van der Waals surface area contributed by atoms with Gasteiger partial charge in [0, 0.05) is 0 Å². The normalized spacial score (nSPS) is 20.2. The summed E-state index contributed by atoms with van der Waals surface area (Å²) in [4.78, 5) is 0. The molecule has 1 atom stereocenters. The summed E-state index contributed by atoms with van der Waals surface area (Å²) in [6.07, 6.45) is 0. The molecule has 0 aromatic carbocycles. The molecular weight excluding hydrogens is 314 g/mol. The largest absolute Gasteiger partial charge is 0.262 e. The van der Waals surface area contributed by atoms with Gasteiger partial charge < -0.3 is 0 Å². The van der Waals surface area contributed by atoms with E-state index in [0.717, 1.165) is 6.92 Å². The lowest BCUT2D eigenvalue weighted by Crippen LogP contribution is -2.27. The van der Waals surface area contributed by atoms with Crippen molar-refractivity contribution >= 4 is 47.8 Å². The maximum Gasteiger partial charge on any atom is 0.262 e. The van der Waals surface area contributed by atoms with Crippen molar-refractivity contribution in [2.24, 2.45) is 0 Å². The first-order valence-corrected chi connectivity index (χ1v) is 4.07. The zero-order chi connectivity index (χ0) is 7.00. The highest BCUT2D eigenvalue weighted by Gasteiger charge is 2.43. The van der Waals surface area contributed by atoms with Crippen LogP contribution in [0.25, 0.3) is 0 Å². The molecule has 0 spiro atoms. The van der Waals surface area contributed by atoms with Crippen LogP contribution in [0.15, 0.2) is 0 Å².